The van der Waals surface area contributed by atoms with E-state index in [1.807, 2.05) is 7.05 Å². The van der Waals surface area contributed by atoms with Crippen LogP contribution in [-0.4, -0.2) is 30.2 Å². The van der Waals surface area contributed by atoms with Gasteiger partial charge in [-0.25, -0.2) is 0 Å². The molecule has 16 heavy (non-hydrogen) atoms. The van der Waals surface area contributed by atoms with E-state index < -0.39 is 0 Å². The number of hydrogen-bond donors (Lipinski definition) is 1. The van der Waals surface area contributed by atoms with Crippen molar-refractivity contribution in [3.8, 4) is 0 Å². The van der Waals surface area contributed by atoms with Gasteiger partial charge in [0, 0.05) is 13.1 Å². The molecule has 90 valence electrons. The highest BCUT2D eigenvalue weighted by molar-refractivity contribution is 5.24. The lowest BCUT2D eigenvalue weighted by molar-refractivity contribution is 0.217. The monoisotopic (exact) mass is 221 g/mol. The van der Waals surface area contributed by atoms with Crippen molar-refractivity contribution in [1.82, 2.24) is 4.90 Å². The van der Waals surface area contributed by atoms with E-state index in [2.05, 4.69) is 43.0 Å². The summed E-state index contributed by atoms with van der Waals surface area (Å²) >= 11 is 0. The van der Waals surface area contributed by atoms with Crippen molar-refractivity contribution in [2.75, 3.05) is 20.2 Å². The van der Waals surface area contributed by atoms with E-state index in [1.165, 1.54) is 17.5 Å². The number of aliphatic hydroxyl groups is 1. The number of aliphatic hydroxyl groups excluding tert-OH is 1. The lowest BCUT2D eigenvalue weighted by Crippen LogP contribution is -2.21. The van der Waals surface area contributed by atoms with Crippen LogP contribution in [0.5, 0.6) is 0 Å². The molecule has 0 radical (unpaired) electrons. The van der Waals surface area contributed by atoms with Crippen LogP contribution in [0.2, 0.25) is 0 Å². The predicted octanol–water partition coefficient (Wildman–Crippen LogP) is 2.62. The van der Waals surface area contributed by atoms with Gasteiger partial charge in [0.2, 0.25) is 0 Å². The van der Waals surface area contributed by atoms with E-state index in [-0.39, 0.29) is 6.61 Å². The summed E-state index contributed by atoms with van der Waals surface area (Å²) in [7, 11) is 2.03. The molecule has 2 nitrogen and oxygen atoms in total. The first-order valence-corrected chi connectivity index (χ1v) is 6.05. The zero-order chi connectivity index (χ0) is 12.0. The normalized spacial score (nSPS) is 13.1. The first-order chi connectivity index (χ1) is 7.67. The summed E-state index contributed by atoms with van der Waals surface area (Å²) in [4.78, 5) is 2.12. The Labute approximate surface area is 98.9 Å². The third kappa shape index (κ3) is 3.95. The van der Waals surface area contributed by atoms with Crippen molar-refractivity contribution in [2.45, 2.75) is 32.7 Å². The molecule has 1 unspecified atom stereocenters. The number of nitrogens with zero attached hydrogens (tertiary/aromatic N) is 1. The number of rotatable bonds is 6. The summed E-state index contributed by atoms with van der Waals surface area (Å²) < 4.78 is 0. The van der Waals surface area contributed by atoms with Gasteiger partial charge in [-0.3, -0.25) is 4.90 Å². The second-order valence-electron chi connectivity index (χ2n) is 4.51. The maximum absolute atomic E-state index is 8.82. The molecule has 1 rings (SSSR count). The van der Waals surface area contributed by atoms with Crippen molar-refractivity contribution < 1.29 is 5.11 Å². The van der Waals surface area contributed by atoms with E-state index in [9.17, 15) is 0 Å². The molecular weight excluding hydrogens is 198 g/mol. The minimum Gasteiger partial charge on any atom is -0.395 e. The summed E-state index contributed by atoms with van der Waals surface area (Å²) in [6, 6.07) is 8.82. The molecule has 1 atom stereocenters. The van der Waals surface area contributed by atoms with E-state index in [4.69, 9.17) is 5.11 Å². The maximum Gasteiger partial charge on any atom is 0.0558 e. The van der Waals surface area contributed by atoms with Gasteiger partial charge in [0.25, 0.3) is 0 Å². The van der Waals surface area contributed by atoms with Gasteiger partial charge in [-0.1, -0.05) is 38.1 Å². The molecule has 0 bridgehead atoms. The Kier molecular flexibility index (Phi) is 5.50. The lowest BCUT2D eigenvalue weighted by Gasteiger charge is -2.16. The van der Waals surface area contributed by atoms with Crippen molar-refractivity contribution in [3.05, 3.63) is 35.4 Å². The molecule has 0 aromatic heterocycles. The molecule has 1 aromatic rings. The summed E-state index contributed by atoms with van der Waals surface area (Å²) in [6.45, 7) is 6.33. The second-order valence-corrected chi connectivity index (χ2v) is 4.51. The van der Waals surface area contributed by atoms with Crippen LogP contribution < -0.4 is 0 Å². The summed E-state index contributed by atoms with van der Waals surface area (Å²) in [5, 5.41) is 8.82. The molecule has 1 N–H and O–H groups in total. The quantitative estimate of drug-likeness (QED) is 0.798. The minimum atomic E-state index is 0.224. The molecule has 0 heterocycles. The number of hydrogen-bond acceptors (Lipinski definition) is 2. The van der Waals surface area contributed by atoms with Gasteiger partial charge in [-0.15, -0.1) is 0 Å². The fraction of sp³-hybridized carbons (Fsp3) is 0.571. The fourth-order valence-electron chi connectivity index (χ4n) is 1.75. The third-order valence-corrected chi connectivity index (χ3v) is 3.10. The lowest BCUT2D eigenvalue weighted by atomic mass is 9.97. The molecule has 2 heteroatoms. The molecule has 0 aliphatic heterocycles. The minimum absolute atomic E-state index is 0.224. The third-order valence-electron chi connectivity index (χ3n) is 3.10. The number of likely N-dealkylation sites (N-methyl/N-ethyl adjacent to an activating group) is 1. The van der Waals surface area contributed by atoms with Crippen LogP contribution in [0.1, 0.15) is 37.3 Å². The van der Waals surface area contributed by atoms with Crippen molar-refractivity contribution in [2.24, 2.45) is 0 Å². The van der Waals surface area contributed by atoms with Crippen LogP contribution in [0.4, 0.5) is 0 Å². The Bertz CT molecular complexity index is 294. The van der Waals surface area contributed by atoms with Crippen molar-refractivity contribution in [1.29, 1.82) is 0 Å². The predicted molar refractivity (Wildman–Crippen MR) is 68.6 cm³/mol. The van der Waals surface area contributed by atoms with Gasteiger partial charge in [-0.05, 0) is 30.5 Å². The smallest absolute Gasteiger partial charge is 0.0558 e. The summed E-state index contributed by atoms with van der Waals surface area (Å²) in [5.41, 5.74) is 2.72. The fourth-order valence-corrected chi connectivity index (χ4v) is 1.75. The first-order valence-electron chi connectivity index (χ1n) is 6.05. The number of benzene rings is 1. The zero-order valence-electron chi connectivity index (χ0n) is 10.6. The van der Waals surface area contributed by atoms with Gasteiger partial charge in [0.15, 0.2) is 0 Å². The van der Waals surface area contributed by atoms with Gasteiger partial charge in [-0.2, -0.15) is 0 Å². The summed E-state index contributed by atoms with van der Waals surface area (Å²) in [6.07, 6.45) is 1.18. The second kappa shape index (κ2) is 6.66. The molecule has 0 saturated carbocycles. The van der Waals surface area contributed by atoms with E-state index in [1.54, 1.807) is 0 Å². The highest BCUT2D eigenvalue weighted by Gasteiger charge is 2.03. The van der Waals surface area contributed by atoms with Crippen LogP contribution >= 0.6 is 0 Å². The van der Waals surface area contributed by atoms with Crippen LogP contribution in [0.15, 0.2) is 24.3 Å². The van der Waals surface area contributed by atoms with E-state index in [0.29, 0.717) is 5.92 Å². The topological polar surface area (TPSA) is 23.5 Å². The molecule has 0 saturated heterocycles. The Morgan fingerprint density at radius 2 is 1.88 bits per heavy atom. The van der Waals surface area contributed by atoms with Crippen LogP contribution in [0.25, 0.3) is 0 Å². The van der Waals surface area contributed by atoms with Gasteiger partial charge in [0.1, 0.15) is 0 Å². The Hall–Kier alpha value is -0.860. The van der Waals surface area contributed by atoms with Gasteiger partial charge in [0.05, 0.1) is 6.61 Å². The van der Waals surface area contributed by atoms with E-state index in [0.717, 1.165) is 13.1 Å². The Balaban J connectivity index is 2.57. The van der Waals surface area contributed by atoms with Crippen molar-refractivity contribution in [3.63, 3.8) is 0 Å². The van der Waals surface area contributed by atoms with Crippen molar-refractivity contribution >= 4 is 0 Å². The maximum atomic E-state index is 8.82. The van der Waals surface area contributed by atoms with Gasteiger partial charge < -0.3 is 5.11 Å². The zero-order valence-corrected chi connectivity index (χ0v) is 10.6. The molecular formula is C14H23NO. The molecule has 0 aliphatic rings. The SMILES string of the molecule is CCC(C)c1ccc(CN(C)CCO)cc1. The summed E-state index contributed by atoms with van der Waals surface area (Å²) in [5.74, 6) is 0.643. The standard InChI is InChI=1S/C14H23NO/c1-4-12(2)14-7-5-13(6-8-14)11-15(3)9-10-16/h5-8,12,16H,4,9-11H2,1-3H3. The average molecular weight is 221 g/mol. The molecule has 0 spiro atoms. The highest BCUT2D eigenvalue weighted by Crippen LogP contribution is 2.19. The Morgan fingerprint density at radius 3 is 2.38 bits per heavy atom. The first kappa shape index (κ1) is 13.2. The molecule has 0 fully saturated rings. The van der Waals surface area contributed by atoms with E-state index >= 15 is 0 Å². The van der Waals surface area contributed by atoms with Crippen LogP contribution in [-0.2, 0) is 6.54 Å². The van der Waals surface area contributed by atoms with Crippen LogP contribution in [0, 0.1) is 0 Å². The van der Waals surface area contributed by atoms with Gasteiger partial charge >= 0.3 is 0 Å². The largest absolute Gasteiger partial charge is 0.395 e. The molecule has 1 aromatic carbocycles. The Morgan fingerprint density at radius 1 is 1.25 bits per heavy atom. The molecule has 0 amide bonds. The molecule has 0 aliphatic carbocycles. The highest BCUT2D eigenvalue weighted by atomic mass is 16.3. The van der Waals surface area contributed by atoms with Crippen LogP contribution in [0.3, 0.4) is 0 Å². The average Bonchev–Trinajstić information content (AvgIpc) is 2.29.